The van der Waals surface area contributed by atoms with Crippen LogP contribution in [0.15, 0.2) is 30.9 Å². The van der Waals surface area contributed by atoms with Crippen molar-refractivity contribution >= 4 is 0 Å². The number of benzene rings is 1. The molecule has 0 aliphatic carbocycles. The number of fused-ring (bicyclic) bond motifs is 1. The molecule has 0 aromatic heterocycles. The molecule has 1 heterocycles. The van der Waals surface area contributed by atoms with Gasteiger partial charge < -0.3 is 4.74 Å². The summed E-state index contributed by atoms with van der Waals surface area (Å²) in [6.07, 6.45) is 3.99. The molecule has 0 unspecified atom stereocenters. The topological polar surface area (TPSA) is 12.5 Å². The standard InChI is InChI=1S/C14H19NO/c1-3-6-12-7-5-8-13-10-15(9-4-2)11-16-14(12)13/h3,5,7-8H,1,4,6,9-11H2,2H3. The molecule has 1 aromatic carbocycles. The van der Waals surface area contributed by atoms with E-state index in [-0.39, 0.29) is 0 Å². The minimum Gasteiger partial charge on any atom is -0.477 e. The van der Waals surface area contributed by atoms with Gasteiger partial charge in [0.25, 0.3) is 0 Å². The largest absolute Gasteiger partial charge is 0.477 e. The first kappa shape index (κ1) is 11.2. The summed E-state index contributed by atoms with van der Waals surface area (Å²) >= 11 is 0. The first-order valence-corrected chi connectivity index (χ1v) is 5.92. The number of hydrogen-bond donors (Lipinski definition) is 0. The van der Waals surface area contributed by atoms with E-state index in [1.165, 1.54) is 17.5 Å². The first-order valence-electron chi connectivity index (χ1n) is 5.92. The van der Waals surface area contributed by atoms with Gasteiger partial charge in [0, 0.05) is 18.7 Å². The van der Waals surface area contributed by atoms with Gasteiger partial charge >= 0.3 is 0 Å². The summed E-state index contributed by atoms with van der Waals surface area (Å²) in [4.78, 5) is 2.33. The van der Waals surface area contributed by atoms with Crippen LogP contribution in [0.3, 0.4) is 0 Å². The van der Waals surface area contributed by atoms with E-state index in [4.69, 9.17) is 4.74 Å². The minimum absolute atomic E-state index is 0.717. The molecule has 0 radical (unpaired) electrons. The van der Waals surface area contributed by atoms with Crippen LogP contribution in [0.5, 0.6) is 5.75 Å². The van der Waals surface area contributed by atoms with E-state index in [9.17, 15) is 0 Å². The molecule has 0 bridgehead atoms. The average Bonchev–Trinajstić information content (AvgIpc) is 2.30. The van der Waals surface area contributed by atoms with Crippen LogP contribution >= 0.6 is 0 Å². The van der Waals surface area contributed by atoms with E-state index in [2.05, 4.69) is 36.6 Å². The Balaban J connectivity index is 2.20. The Morgan fingerprint density at radius 3 is 3.12 bits per heavy atom. The fourth-order valence-corrected chi connectivity index (χ4v) is 2.17. The van der Waals surface area contributed by atoms with E-state index in [1.807, 2.05) is 6.08 Å². The summed E-state index contributed by atoms with van der Waals surface area (Å²) in [5.74, 6) is 1.08. The van der Waals surface area contributed by atoms with Gasteiger partial charge in [0.1, 0.15) is 12.5 Å². The average molecular weight is 217 g/mol. The van der Waals surface area contributed by atoms with Crippen molar-refractivity contribution in [2.45, 2.75) is 26.3 Å². The van der Waals surface area contributed by atoms with Crippen LogP contribution in [0, 0.1) is 0 Å². The lowest BCUT2D eigenvalue weighted by molar-refractivity contribution is 0.0946. The van der Waals surface area contributed by atoms with Gasteiger partial charge in [-0.1, -0.05) is 31.2 Å². The van der Waals surface area contributed by atoms with Crippen LogP contribution in [0.4, 0.5) is 0 Å². The van der Waals surface area contributed by atoms with Crippen LogP contribution in [-0.4, -0.2) is 18.2 Å². The maximum atomic E-state index is 5.85. The minimum atomic E-state index is 0.717. The molecule has 16 heavy (non-hydrogen) atoms. The third kappa shape index (κ3) is 2.27. The third-order valence-corrected chi connectivity index (χ3v) is 2.87. The van der Waals surface area contributed by atoms with Crippen molar-refractivity contribution < 1.29 is 4.74 Å². The number of hydrogen-bond acceptors (Lipinski definition) is 2. The monoisotopic (exact) mass is 217 g/mol. The molecule has 1 aliphatic heterocycles. The van der Waals surface area contributed by atoms with Gasteiger partial charge in [-0.25, -0.2) is 0 Å². The Hall–Kier alpha value is -1.28. The summed E-state index contributed by atoms with van der Waals surface area (Å²) in [5, 5.41) is 0. The van der Waals surface area contributed by atoms with Crippen LogP contribution in [0.1, 0.15) is 24.5 Å². The molecule has 0 amide bonds. The van der Waals surface area contributed by atoms with Crippen molar-refractivity contribution in [3.63, 3.8) is 0 Å². The van der Waals surface area contributed by atoms with Gasteiger partial charge in [0.2, 0.25) is 0 Å². The summed E-state index contributed by atoms with van der Waals surface area (Å²) in [7, 11) is 0. The smallest absolute Gasteiger partial charge is 0.142 e. The van der Waals surface area contributed by atoms with E-state index in [0.717, 1.165) is 32.0 Å². The fourth-order valence-electron chi connectivity index (χ4n) is 2.17. The predicted octanol–water partition coefficient (Wildman–Crippen LogP) is 2.98. The lowest BCUT2D eigenvalue weighted by Crippen LogP contribution is -2.32. The quantitative estimate of drug-likeness (QED) is 0.719. The second-order valence-electron chi connectivity index (χ2n) is 4.22. The molecule has 0 atom stereocenters. The third-order valence-electron chi connectivity index (χ3n) is 2.87. The molecular formula is C14H19NO. The van der Waals surface area contributed by atoms with Crippen LogP contribution in [0.25, 0.3) is 0 Å². The highest BCUT2D eigenvalue weighted by Crippen LogP contribution is 2.29. The highest BCUT2D eigenvalue weighted by Gasteiger charge is 2.18. The highest BCUT2D eigenvalue weighted by atomic mass is 16.5. The predicted molar refractivity (Wildman–Crippen MR) is 66.5 cm³/mol. The normalized spacial score (nSPS) is 15.3. The molecule has 2 rings (SSSR count). The number of nitrogens with zero attached hydrogens (tertiary/aromatic N) is 1. The zero-order valence-electron chi connectivity index (χ0n) is 9.91. The summed E-state index contributed by atoms with van der Waals surface area (Å²) in [5.41, 5.74) is 2.56. The van der Waals surface area contributed by atoms with Gasteiger partial charge in [-0.15, -0.1) is 6.58 Å². The number of rotatable bonds is 4. The Labute approximate surface area is 97.5 Å². The van der Waals surface area contributed by atoms with Gasteiger partial charge in [0.15, 0.2) is 0 Å². The molecule has 0 saturated carbocycles. The fraction of sp³-hybridized carbons (Fsp3) is 0.429. The number of ether oxygens (including phenoxy) is 1. The molecule has 2 nitrogen and oxygen atoms in total. The van der Waals surface area contributed by atoms with Crippen LogP contribution in [-0.2, 0) is 13.0 Å². The van der Waals surface area contributed by atoms with E-state index < -0.39 is 0 Å². The van der Waals surface area contributed by atoms with Crippen molar-refractivity contribution in [1.82, 2.24) is 4.90 Å². The second-order valence-corrected chi connectivity index (χ2v) is 4.22. The Morgan fingerprint density at radius 2 is 2.38 bits per heavy atom. The molecule has 0 fully saturated rings. The van der Waals surface area contributed by atoms with Crippen LogP contribution < -0.4 is 4.74 Å². The van der Waals surface area contributed by atoms with Gasteiger partial charge in [-0.2, -0.15) is 0 Å². The Morgan fingerprint density at radius 1 is 1.50 bits per heavy atom. The Bertz CT molecular complexity index is 373. The molecular weight excluding hydrogens is 198 g/mol. The highest BCUT2D eigenvalue weighted by molar-refractivity contribution is 5.43. The van der Waals surface area contributed by atoms with Gasteiger partial charge in [-0.3, -0.25) is 4.90 Å². The van der Waals surface area contributed by atoms with Crippen LogP contribution in [0.2, 0.25) is 0 Å². The van der Waals surface area contributed by atoms with Gasteiger partial charge in [-0.05, 0) is 18.4 Å². The SMILES string of the molecule is C=CCc1cccc2c1OCN(CCC)C2. The number of para-hydroxylation sites is 1. The zero-order chi connectivity index (χ0) is 11.4. The summed E-state index contributed by atoms with van der Waals surface area (Å²) in [6, 6.07) is 6.39. The summed E-state index contributed by atoms with van der Waals surface area (Å²) in [6.45, 7) is 8.81. The first-order chi connectivity index (χ1) is 7.85. The van der Waals surface area contributed by atoms with Gasteiger partial charge in [0.05, 0.1) is 0 Å². The Kier molecular flexibility index (Phi) is 3.62. The molecule has 0 spiro atoms. The maximum Gasteiger partial charge on any atom is 0.142 e. The van der Waals surface area contributed by atoms with Crippen molar-refractivity contribution in [2.24, 2.45) is 0 Å². The molecule has 0 saturated heterocycles. The van der Waals surface area contributed by atoms with E-state index in [0.29, 0.717) is 0 Å². The molecule has 0 N–H and O–H groups in total. The maximum absolute atomic E-state index is 5.85. The lowest BCUT2D eigenvalue weighted by Gasteiger charge is -2.29. The zero-order valence-corrected chi connectivity index (χ0v) is 9.91. The van der Waals surface area contributed by atoms with Crippen molar-refractivity contribution in [2.75, 3.05) is 13.3 Å². The summed E-state index contributed by atoms with van der Waals surface area (Å²) < 4.78 is 5.85. The second kappa shape index (κ2) is 5.17. The van der Waals surface area contributed by atoms with E-state index in [1.54, 1.807) is 0 Å². The number of allylic oxidation sites excluding steroid dienone is 1. The molecule has 1 aromatic rings. The molecule has 2 heteroatoms. The lowest BCUT2D eigenvalue weighted by atomic mass is 10.0. The molecule has 1 aliphatic rings. The molecule has 86 valence electrons. The van der Waals surface area contributed by atoms with Crippen molar-refractivity contribution in [1.29, 1.82) is 0 Å². The van der Waals surface area contributed by atoms with Crippen molar-refractivity contribution in [3.8, 4) is 5.75 Å². The van der Waals surface area contributed by atoms with Crippen molar-refractivity contribution in [3.05, 3.63) is 42.0 Å². The van der Waals surface area contributed by atoms with E-state index >= 15 is 0 Å².